The minimum absolute atomic E-state index is 0.0379. The average molecular weight is 677 g/mol. The number of pyridine rings is 1. The number of nitrogens with one attached hydrogen (secondary N) is 1. The van der Waals surface area contributed by atoms with Gasteiger partial charge in [0.2, 0.25) is 0 Å². The summed E-state index contributed by atoms with van der Waals surface area (Å²) in [7, 11) is 0. The van der Waals surface area contributed by atoms with Gasteiger partial charge in [-0.2, -0.15) is 0 Å². The Morgan fingerprint density at radius 2 is 1.71 bits per heavy atom. The van der Waals surface area contributed by atoms with Crippen molar-refractivity contribution in [1.29, 1.82) is 0 Å². The molecular weight excluding hydrogens is 643 g/mol. The van der Waals surface area contributed by atoms with Gasteiger partial charge < -0.3 is 24.6 Å². The van der Waals surface area contributed by atoms with Gasteiger partial charge in [-0.15, -0.1) is 5.10 Å². The molecule has 0 saturated heterocycles. The maximum absolute atomic E-state index is 13.9. The molecule has 0 saturated carbocycles. The number of aromatic nitrogens is 4. The molecule has 48 heavy (non-hydrogen) atoms. The van der Waals surface area contributed by atoms with Gasteiger partial charge in [0.15, 0.2) is 11.6 Å². The van der Waals surface area contributed by atoms with Crippen molar-refractivity contribution in [2.45, 2.75) is 25.6 Å². The summed E-state index contributed by atoms with van der Waals surface area (Å²) in [6, 6.07) is 15.5. The third-order valence-electron chi connectivity index (χ3n) is 7.27. The molecule has 3 heterocycles. The van der Waals surface area contributed by atoms with Crippen LogP contribution < -0.4 is 5.32 Å². The van der Waals surface area contributed by atoms with Crippen molar-refractivity contribution in [1.82, 2.24) is 25.3 Å². The summed E-state index contributed by atoms with van der Waals surface area (Å²) < 4.78 is 32.6. The Hall–Kier alpha value is -4.66. The first-order chi connectivity index (χ1) is 23.4. The number of benzene rings is 2. The Balaban J connectivity index is 1.13. The lowest BCUT2D eigenvalue weighted by molar-refractivity contribution is -0.118. The Morgan fingerprint density at radius 3 is 2.46 bits per heavy atom. The smallest absolute Gasteiger partial charge is 0.188 e. The van der Waals surface area contributed by atoms with Gasteiger partial charge in [-0.25, -0.2) is 9.07 Å². The van der Waals surface area contributed by atoms with Crippen molar-refractivity contribution < 1.29 is 33.3 Å². The number of carbonyl (C=O) groups excluding carboxylic acids is 2. The maximum atomic E-state index is 13.9. The fraction of sp³-hybridized carbons (Fsp3) is 0.294. The summed E-state index contributed by atoms with van der Waals surface area (Å²) in [6.45, 7) is 1.13. The van der Waals surface area contributed by atoms with Gasteiger partial charge in [0, 0.05) is 46.1 Å². The van der Waals surface area contributed by atoms with Crippen molar-refractivity contribution in [2.75, 3.05) is 39.6 Å². The highest BCUT2D eigenvalue weighted by Crippen LogP contribution is 2.36. The molecule has 1 aliphatic rings. The molecule has 1 unspecified atom stereocenters. The van der Waals surface area contributed by atoms with Gasteiger partial charge in [0.25, 0.3) is 0 Å². The van der Waals surface area contributed by atoms with E-state index in [0.717, 1.165) is 6.07 Å². The number of rotatable bonds is 18. The third kappa shape index (κ3) is 9.46. The minimum Gasteiger partial charge on any atom is -0.388 e. The van der Waals surface area contributed by atoms with E-state index in [1.54, 1.807) is 47.5 Å². The molecule has 2 aromatic carbocycles. The van der Waals surface area contributed by atoms with Crippen LogP contribution in [0.25, 0.3) is 0 Å². The summed E-state index contributed by atoms with van der Waals surface area (Å²) in [5.74, 6) is -0.652. The van der Waals surface area contributed by atoms with Crippen molar-refractivity contribution in [3.63, 3.8) is 0 Å². The molecule has 0 fully saturated rings. The molecule has 0 aliphatic carbocycles. The molecule has 2 aromatic heterocycles. The van der Waals surface area contributed by atoms with Gasteiger partial charge in [0.05, 0.1) is 58.1 Å². The first kappa shape index (κ1) is 34.7. The number of hydrogen-bond acceptors (Lipinski definition) is 11. The average Bonchev–Trinajstić information content (AvgIpc) is 3.56. The highest BCUT2D eigenvalue weighted by molar-refractivity contribution is 6.31. The van der Waals surface area contributed by atoms with Crippen molar-refractivity contribution in [3.8, 4) is 0 Å². The maximum Gasteiger partial charge on any atom is 0.188 e. The van der Waals surface area contributed by atoms with Crippen LogP contribution in [0.3, 0.4) is 0 Å². The van der Waals surface area contributed by atoms with Gasteiger partial charge in [0.1, 0.15) is 30.0 Å². The lowest BCUT2D eigenvalue weighted by Gasteiger charge is -2.28. The Bertz CT molecular complexity index is 1750. The standard InChI is InChI=1S/C34H34ClFN6O6/c35-28-18-25(36)6-7-27(28)33-32(31(45)20-43)29(38-34(39-33)24-8-11-37-12-9-24)22-48-21-26-19-42(41-40-26)13-15-47-17-16-46-14-10-30(44)23-4-2-1-3-5-23/h1-9,11-12,18-19,33,43H,10,13-17,20-22H2,(H,38,39). The summed E-state index contributed by atoms with van der Waals surface area (Å²) in [4.78, 5) is 33.9. The SMILES string of the molecule is O=C(CO)C1=C(COCc2cn(CCOCCOCCC(=O)c3ccccc3)nn2)NC(c2ccncc2)=NC1c1ccc(F)cc1Cl. The zero-order chi connectivity index (χ0) is 33.7. The molecule has 4 aromatic rings. The largest absolute Gasteiger partial charge is 0.388 e. The number of aliphatic imine (C=N–C) groups is 1. The van der Waals surface area contributed by atoms with Crippen LogP contribution >= 0.6 is 11.6 Å². The van der Waals surface area contributed by atoms with E-state index in [1.807, 2.05) is 18.2 Å². The molecule has 1 atom stereocenters. The third-order valence-corrected chi connectivity index (χ3v) is 7.60. The van der Waals surface area contributed by atoms with Gasteiger partial charge in [-0.3, -0.25) is 19.6 Å². The molecule has 1 aliphatic heterocycles. The molecular formula is C34H34ClFN6O6. The molecule has 250 valence electrons. The fourth-order valence-corrected chi connectivity index (χ4v) is 5.18. The summed E-state index contributed by atoms with van der Waals surface area (Å²) in [6.07, 6.45) is 5.24. The minimum atomic E-state index is -0.927. The fourth-order valence-electron chi connectivity index (χ4n) is 4.91. The summed E-state index contributed by atoms with van der Waals surface area (Å²) in [5.41, 5.74) is 2.83. The van der Waals surface area contributed by atoms with E-state index in [1.165, 1.54) is 12.1 Å². The molecule has 0 bridgehead atoms. The Kier molecular flexibility index (Phi) is 12.6. The van der Waals surface area contributed by atoms with Crippen molar-refractivity contribution in [2.24, 2.45) is 4.99 Å². The van der Waals surface area contributed by atoms with Gasteiger partial charge >= 0.3 is 0 Å². The van der Waals surface area contributed by atoms with E-state index in [0.29, 0.717) is 73.3 Å². The molecule has 0 amide bonds. The molecule has 12 nitrogen and oxygen atoms in total. The van der Waals surface area contributed by atoms with Crippen LogP contribution in [0.1, 0.15) is 39.6 Å². The number of ketones is 2. The quantitative estimate of drug-likeness (QED) is 0.117. The highest BCUT2D eigenvalue weighted by atomic mass is 35.5. The van der Waals surface area contributed by atoms with Crippen LogP contribution in [0.4, 0.5) is 4.39 Å². The topological polar surface area (TPSA) is 150 Å². The summed E-state index contributed by atoms with van der Waals surface area (Å²) >= 11 is 6.40. The Morgan fingerprint density at radius 1 is 0.938 bits per heavy atom. The number of nitrogens with zero attached hydrogens (tertiary/aromatic N) is 5. The van der Waals surface area contributed by atoms with Crippen LogP contribution in [0, 0.1) is 5.82 Å². The molecule has 2 N–H and O–H groups in total. The van der Waals surface area contributed by atoms with Gasteiger partial charge in [-0.05, 0) is 24.3 Å². The van der Waals surface area contributed by atoms with Crippen molar-refractivity contribution >= 4 is 29.0 Å². The molecule has 0 spiro atoms. The first-order valence-electron chi connectivity index (χ1n) is 15.2. The van der Waals surface area contributed by atoms with E-state index in [4.69, 9.17) is 30.8 Å². The van der Waals surface area contributed by atoms with E-state index in [9.17, 15) is 19.1 Å². The predicted octanol–water partition coefficient (Wildman–Crippen LogP) is 3.90. The predicted molar refractivity (Wildman–Crippen MR) is 174 cm³/mol. The lowest BCUT2D eigenvalue weighted by atomic mass is 9.92. The molecule has 0 radical (unpaired) electrons. The highest BCUT2D eigenvalue weighted by Gasteiger charge is 2.32. The first-order valence-corrected chi connectivity index (χ1v) is 15.6. The zero-order valence-corrected chi connectivity index (χ0v) is 26.7. The lowest BCUT2D eigenvalue weighted by Crippen LogP contribution is -2.36. The number of halogens is 2. The van der Waals surface area contributed by atoms with Crippen LogP contribution in [-0.4, -0.2) is 82.1 Å². The number of ether oxygens (including phenoxy) is 3. The number of hydrogen-bond donors (Lipinski definition) is 2. The second-order valence-electron chi connectivity index (χ2n) is 10.6. The monoisotopic (exact) mass is 676 g/mol. The Labute approximate surface area is 281 Å². The number of Topliss-reactive ketones (excluding diaryl/α,β-unsaturated/α-hetero) is 2. The van der Waals surface area contributed by atoms with E-state index in [-0.39, 0.29) is 29.6 Å². The van der Waals surface area contributed by atoms with Crippen molar-refractivity contribution in [3.05, 3.63) is 124 Å². The van der Waals surface area contributed by atoms with E-state index >= 15 is 0 Å². The van der Waals surface area contributed by atoms with E-state index in [2.05, 4.69) is 20.6 Å². The van der Waals surface area contributed by atoms with Crippen LogP contribution in [0.15, 0.2) is 95.5 Å². The second-order valence-corrected chi connectivity index (χ2v) is 11.0. The summed E-state index contributed by atoms with van der Waals surface area (Å²) in [5, 5.41) is 21.3. The van der Waals surface area contributed by atoms with Gasteiger partial charge in [-0.1, -0.05) is 53.2 Å². The molecule has 14 heteroatoms. The van der Waals surface area contributed by atoms with Crippen LogP contribution in [0.2, 0.25) is 5.02 Å². The van der Waals surface area contributed by atoms with Crippen LogP contribution in [0.5, 0.6) is 0 Å². The number of carbonyl (C=O) groups is 2. The second kappa shape index (κ2) is 17.5. The number of amidine groups is 1. The normalized spacial score (nSPS) is 14.5. The number of aliphatic hydroxyl groups is 1. The number of aliphatic hydroxyl groups excluding tert-OH is 1. The van der Waals surface area contributed by atoms with E-state index < -0.39 is 24.2 Å². The zero-order valence-electron chi connectivity index (χ0n) is 25.9. The molecule has 5 rings (SSSR count). The van der Waals surface area contributed by atoms with Crippen LogP contribution in [-0.2, 0) is 32.2 Å².